The molecule has 28 heavy (non-hydrogen) atoms. The molecular formula is C22H24N2O4. The highest BCUT2D eigenvalue weighted by molar-refractivity contribution is 5.95. The second kappa shape index (κ2) is 8.00. The molecule has 1 aliphatic heterocycles. The van der Waals surface area contributed by atoms with Gasteiger partial charge in [0.15, 0.2) is 0 Å². The summed E-state index contributed by atoms with van der Waals surface area (Å²) in [6.07, 6.45) is 6.75. The number of amides is 1. The maximum Gasteiger partial charge on any atom is 0.269 e. The van der Waals surface area contributed by atoms with Crippen LogP contribution in [0.4, 0.5) is 11.4 Å². The fourth-order valence-corrected chi connectivity index (χ4v) is 4.12. The Morgan fingerprint density at radius 1 is 1.18 bits per heavy atom. The van der Waals surface area contributed by atoms with Crippen molar-refractivity contribution in [3.05, 3.63) is 63.7 Å². The Hall–Kier alpha value is -2.89. The SMILES string of the molecule is O=C(CCc1cccc(OC2CCCC2)c1)N1CCc2cc([N+](=O)[O-])ccc21. The molecular weight excluding hydrogens is 356 g/mol. The third-order valence-electron chi connectivity index (χ3n) is 5.60. The first-order valence-electron chi connectivity index (χ1n) is 9.93. The van der Waals surface area contributed by atoms with E-state index in [4.69, 9.17) is 4.74 Å². The largest absolute Gasteiger partial charge is 0.490 e. The lowest BCUT2D eigenvalue weighted by atomic mass is 10.1. The van der Waals surface area contributed by atoms with Gasteiger partial charge in [-0.25, -0.2) is 0 Å². The number of nitro groups is 1. The number of anilines is 1. The van der Waals surface area contributed by atoms with E-state index in [1.807, 2.05) is 24.3 Å². The van der Waals surface area contributed by atoms with Crippen LogP contribution < -0.4 is 9.64 Å². The number of non-ortho nitro benzene ring substituents is 1. The number of benzene rings is 2. The number of ether oxygens (including phenoxy) is 1. The van der Waals surface area contributed by atoms with Gasteiger partial charge in [-0.15, -0.1) is 0 Å². The highest BCUT2D eigenvalue weighted by Gasteiger charge is 2.26. The van der Waals surface area contributed by atoms with E-state index in [0.29, 0.717) is 31.9 Å². The Balaban J connectivity index is 1.37. The van der Waals surface area contributed by atoms with Gasteiger partial charge < -0.3 is 9.64 Å². The predicted molar refractivity (Wildman–Crippen MR) is 107 cm³/mol. The summed E-state index contributed by atoms with van der Waals surface area (Å²) in [6, 6.07) is 12.7. The molecule has 0 unspecified atom stereocenters. The maximum absolute atomic E-state index is 12.7. The maximum atomic E-state index is 12.7. The molecule has 6 heteroatoms. The van der Waals surface area contributed by atoms with Crippen molar-refractivity contribution in [3.8, 4) is 5.75 Å². The molecule has 1 amide bonds. The first-order chi connectivity index (χ1) is 13.6. The Morgan fingerprint density at radius 3 is 2.79 bits per heavy atom. The number of hydrogen-bond donors (Lipinski definition) is 0. The molecule has 0 bridgehead atoms. The quantitative estimate of drug-likeness (QED) is 0.549. The topological polar surface area (TPSA) is 72.7 Å². The summed E-state index contributed by atoms with van der Waals surface area (Å²) in [6.45, 7) is 0.583. The molecule has 1 aliphatic carbocycles. The normalized spacial score (nSPS) is 16.2. The smallest absolute Gasteiger partial charge is 0.269 e. The molecule has 1 saturated carbocycles. The van der Waals surface area contributed by atoms with E-state index in [2.05, 4.69) is 0 Å². The van der Waals surface area contributed by atoms with Gasteiger partial charge >= 0.3 is 0 Å². The predicted octanol–water partition coefficient (Wildman–Crippen LogP) is 4.44. The molecule has 0 radical (unpaired) electrons. The Kier molecular flexibility index (Phi) is 5.28. The summed E-state index contributed by atoms with van der Waals surface area (Å²) in [7, 11) is 0. The van der Waals surface area contributed by atoms with Gasteiger partial charge in [0.2, 0.25) is 5.91 Å². The van der Waals surface area contributed by atoms with Crippen LogP contribution >= 0.6 is 0 Å². The van der Waals surface area contributed by atoms with Crippen molar-refractivity contribution in [2.45, 2.75) is 51.0 Å². The number of nitro benzene ring substituents is 1. The van der Waals surface area contributed by atoms with E-state index in [1.54, 1.807) is 17.0 Å². The lowest BCUT2D eigenvalue weighted by Crippen LogP contribution is -2.29. The van der Waals surface area contributed by atoms with Crippen LogP contribution in [-0.2, 0) is 17.6 Å². The Labute approximate surface area is 164 Å². The average Bonchev–Trinajstić information content (AvgIpc) is 3.35. The van der Waals surface area contributed by atoms with E-state index >= 15 is 0 Å². The van der Waals surface area contributed by atoms with Crippen molar-refractivity contribution >= 4 is 17.3 Å². The minimum atomic E-state index is -0.397. The van der Waals surface area contributed by atoms with Crippen LogP contribution in [0.1, 0.15) is 43.2 Å². The molecule has 0 atom stereocenters. The van der Waals surface area contributed by atoms with E-state index in [9.17, 15) is 14.9 Å². The van der Waals surface area contributed by atoms with Gasteiger partial charge in [0, 0.05) is 30.8 Å². The molecule has 2 aliphatic rings. The lowest BCUT2D eigenvalue weighted by molar-refractivity contribution is -0.384. The second-order valence-corrected chi connectivity index (χ2v) is 7.54. The number of carbonyl (C=O) groups excluding carboxylic acids is 1. The van der Waals surface area contributed by atoms with Gasteiger partial charge in [-0.1, -0.05) is 12.1 Å². The summed E-state index contributed by atoms with van der Waals surface area (Å²) < 4.78 is 6.05. The monoisotopic (exact) mass is 380 g/mol. The standard InChI is InChI=1S/C22H24N2O4/c25-22(23-13-12-17-15-18(24(26)27)9-10-21(17)23)11-8-16-4-3-7-20(14-16)28-19-5-1-2-6-19/h3-4,7,9-10,14-15,19H,1-2,5-6,8,11-13H2. The van der Waals surface area contributed by atoms with E-state index in [0.717, 1.165) is 35.4 Å². The van der Waals surface area contributed by atoms with E-state index in [-0.39, 0.29) is 11.6 Å². The molecule has 6 nitrogen and oxygen atoms in total. The van der Waals surface area contributed by atoms with Gasteiger partial charge in [-0.2, -0.15) is 0 Å². The zero-order valence-corrected chi connectivity index (χ0v) is 15.8. The third-order valence-corrected chi connectivity index (χ3v) is 5.60. The number of rotatable bonds is 6. The van der Waals surface area contributed by atoms with Crippen molar-refractivity contribution < 1.29 is 14.5 Å². The van der Waals surface area contributed by atoms with Crippen LogP contribution in [0, 0.1) is 10.1 Å². The fourth-order valence-electron chi connectivity index (χ4n) is 4.12. The van der Waals surface area contributed by atoms with Crippen LogP contribution in [0.15, 0.2) is 42.5 Å². The molecule has 2 aromatic carbocycles. The summed E-state index contributed by atoms with van der Waals surface area (Å²) in [5, 5.41) is 10.9. The highest BCUT2D eigenvalue weighted by atomic mass is 16.6. The van der Waals surface area contributed by atoms with Crippen LogP contribution in [0.2, 0.25) is 0 Å². The third kappa shape index (κ3) is 4.01. The van der Waals surface area contributed by atoms with Gasteiger partial charge in [-0.3, -0.25) is 14.9 Å². The first-order valence-corrected chi connectivity index (χ1v) is 9.93. The van der Waals surface area contributed by atoms with E-state index in [1.165, 1.54) is 18.9 Å². The van der Waals surface area contributed by atoms with Crippen LogP contribution in [0.25, 0.3) is 0 Å². The van der Waals surface area contributed by atoms with Gasteiger partial charge in [0.25, 0.3) is 5.69 Å². The van der Waals surface area contributed by atoms with Crippen molar-refractivity contribution in [2.75, 3.05) is 11.4 Å². The van der Waals surface area contributed by atoms with Crippen LogP contribution in [0.3, 0.4) is 0 Å². The summed E-state index contributed by atoms with van der Waals surface area (Å²) in [5.41, 5.74) is 2.84. The zero-order valence-electron chi connectivity index (χ0n) is 15.8. The van der Waals surface area contributed by atoms with E-state index < -0.39 is 4.92 Å². The molecule has 0 aromatic heterocycles. The molecule has 0 saturated heterocycles. The van der Waals surface area contributed by atoms with Crippen molar-refractivity contribution in [3.63, 3.8) is 0 Å². The molecule has 1 heterocycles. The Bertz CT molecular complexity index is 890. The number of aryl methyl sites for hydroxylation is 1. The molecule has 1 fully saturated rings. The number of hydrogen-bond acceptors (Lipinski definition) is 4. The Morgan fingerprint density at radius 2 is 2.00 bits per heavy atom. The average molecular weight is 380 g/mol. The minimum absolute atomic E-state index is 0.0507. The lowest BCUT2D eigenvalue weighted by Gasteiger charge is -2.17. The minimum Gasteiger partial charge on any atom is -0.490 e. The summed E-state index contributed by atoms with van der Waals surface area (Å²) in [5.74, 6) is 0.936. The van der Waals surface area contributed by atoms with Gasteiger partial charge in [-0.05, 0) is 67.9 Å². The van der Waals surface area contributed by atoms with Crippen LogP contribution in [-0.4, -0.2) is 23.5 Å². The zero-order chi connectivity index (χ0) is 19.5. The fraction of sp³-hybridized carbons (Fsp3) is 0.409. The van der Waals surface area contributed by atoms with Crippen molar-refractivity contribution in [2.24, 2.45) is 0 Å². The number of nitrogens with zero attached hydrogens (tertiary/aromatic N) is 2. The second-order valence-electron chi connectivity index (χ2n) is 7.54. The molecule has 146 valence electrons. The first kappa shape index (κ1) is 18.5. The van der Waals surface area contributed by atoms with Gasteiger partial charge in [0.1, 0.15) is 5.75 Å². The number of fused-ring (bicyclic) bond motifs is 1. The van der Waals surface area contributed by atoms with Crippen molar-refractivity contribution in [1.82, 2.24) is 0 Å². The highest BCUT2D eigenvalue weighted by Crippen LogP contribution is 2.32. The van der Waals surface area contributed by atoms with Crippen LogP contribution in [0.5, 0.6) is 5.75 Å². The summed E-state index contributed by atoms with van der Waals surface area (Å²) >= 11 is 0. The molecule has 2 aromatic rings. The number of carbonyl (C=O) groups is 1. The van der Waals surface area contributed by atoms with Crippen molar-refractivity contribution in [1.29, 1.82) is 0 Å². The molecule has 4 rings (SSSR count). The summed E-state index contributed by atoms with van der Waals surface area (Å²) in [4.78, 5) is 25.0. The molecule has 0 N–H and O–H groups in total. The van der Waals surface area contributed by atoms with Gasteiger partial charge in [0.05, 0.1) is 11.0 Å². The molecule has 0 spiro atoms.